The first-order valence-electron chi connectivity index (χ1n) is 7.17. The van der Waals surface area contributed by atoms with E-state index in [0.29, 0.717) is 0 Å². The van der Waals surface area contributed by atoms with Crippen molar-refractivity contribution < 1.29 is 29.4 Å². The number of carboxylic acids is 2. The second-order valence-electron chi connectivity index (χ2n) is 4.82. The van der Waals surface area contributed by atoms with Crippen LogP contribution in [0.3, 0.4) is 0 Å². The number of carboxylic acid groups (broad SMARTS) is 2. The molecule has 2 atom stereocenters. The van der Waals surface area contributed by atoms with Crippen LogP contribution in [0.2, 0.25) is 0 Å². The molecular weight excluding hydrogens is 443 g/mol. The molecule has 2 unspecified atom stereocenters. The highest BCUT2D eigenvalue weighted by molar-refractivity contribution is 14.1. The van der Waals surface area contributed by atoms with Gasteiger partial charge in [-0.3, -0.25) is 19.2 Å². The quantitative estimate of drug-likeness (QED) is 0.497. The van der Waals surface area contributed by atoms with Gasteiger partial charge in [0, 0.05) is 17.4 Å². The molecule has 0 spiro atoms. The Hall–Kier alpha value is -2.17. The Morgan fingerprint density at radius 3 is 1.28 bits per heavy atom. The van der Waals surface area contributed by atoms with E-state index in [9.17, 15) is 19.2 Å². The summed E-state index contributed by atoms with van der Waals surface area (Å²) in [5.41, 5.74) is 0. The van der Waals surface area contributed by atoms with E-state index in [1.807, 2.05) is 18.2 Å². The predicted octanol–water partition coefficient (Wildman–Crippen LogP) is 1.48. The zero-order valence-electron chi connectivity index (χ0n) is 14.4. The highest BCUT2D eigenvalue weighted by atomic mass is 127. The molecule has 0 radical (unpaired) electrons. The summed E-state index contributed by atoms with van der Waals surface area (Å²) in [4.78, 5) is 40.4. The molecule has 0 saturated carbocycles. The first kappa shape index (κ1) is 25.1. The molecule has 0 aromatic heterocycles. The number of benzene rings is 1. The summed E-state index contributed by atoms with van der Waals surface area (Å²) in [5.74, 6) is -2.70. The minimum atomic E-state index is -1.02. The molecule has 0 aliphatic carbocycles. The Balaban J connectivity index is 0. The molecule has 1 aromatic rings. The van der Waals surface area contributed by atoms with Crippen molar-refractivity contribution in [2.75, 3.05) is 0 Å². The lowest BCUT2D eigenvalue weighted by molar-refractivity contribution is -0.141. The summed E-state index contributed by atoms with van der Waals surface area (Å²) < 4.78 is 1.29. The van der Waals surface area contributed by atoms with Crippen LogP contribution >= 0.6 is 22.6 Å². The summed E-state index contributed by atoms with van der Waals surface area (Å²) >= 11 is 2.28. The van der Waals surface area contributed by atoms with Crippen molar-refractivity contribution in [3.8, 4) is 0 Å². The number of hydrogen-bond acceptors (Lipinski definition) is 4. The van der Waals surface area contributed by atoms with Crippen LogP contribution in [0, 0.1) is 3.57 Å². The van der Waals surface area contributed by atoms with Crippen LogP contribution in [0.15, 0.2) is 30.3 Å². The van der Waals surface area contributed by atoms with E-state index in [1.165, 1.54) is 31.3 Å². The molecule has 1 rings (SSSR count). The van der Waals surface area contributed by atoms with Crippen molar-refractivity contribution in [3.05, 3.63) is 33.9 Å². The molecular formula is C16H23IN2O6. The third-order valence-corrected chi connectivity index (χ3v) is 3.03. The van der Waals surface area contributed by atoms with Gasteiger partial charge in [0.05, 0.1) is 0 Å². The van der Waals surface area contributed by atoms with E-state index in [-0.39, 0.29) is 11.8 Å². The lowest BCUT2D eigenvalue weighted by Gasteiger charge is -2.04. The molecule has 0 saturated heterocycles. The van der Waals surface area contributed by atoms with Gasteiger partial charge in [0.15, 0.2) is 0 Å². The first-order chi connectivity index (χ1) is 11.5. The number of carbonyl (C=O) groups is 4. The first-order valence-corrected chi connectivity index (χ1v) is 8.25. The Labute approximate surface area is 160 Å². The zero-order valence-corrected chi connectivity index (χ0v) is 16.6. The molecule has 2 amide bonds. The summed E-state index contributed by atoms with van der Waals surface area (Å²) in [6.45, 7) is 5.37. The minimum Gasteiger partial charge on any atom is -0.480 e. The Morgan fingerprint density at radius 2 is 1.16 bits per heavy atom. The van der Waals surface area contributed by atoms with Gasteiger partial charge in [-0.05, 0) is 48.6 Å². The second-order valence-corrected chi connectivity index (χ2v) is 6.06. The van der Waals surface area contributed by atoms with Crippen molar-refractivity contribution in [2.45, 2.75) is 39.8 Å². The maximum atomic E-state index is 10.2. The number of aliphatic carboxylic acids is 2. The van der Waals surface area contributed by atoms with Crippen LogP contribution in [0.1, 0.15) is 27.7 Å². The second kappa shape index (κ2) is 14.2. The maximum Gasteiger partial charge on any atom is 0.325 e. The largest absolute Gasteiger partial charge is 0.480 e. The molecule has 0 bridgehead atoms. The van der Waals surface area contributed by atoms with Gasteiger partial charge in [0.2, 0.25) is 11.8 Å². The average Bonchev–Trinajstić information content (AvgIpc) is 2.47. The highest BCUT2D eigenvalue weighted by Gasteiger charge is 2.10. The molecule has 1 aromatic carbocycles. The van der Waals surface area contributed by atoms with Crippen LogP contribution in [0.5, 0.6) is 0 Å². The summed E-state index contributed by atoms with van der Waals surface area (Å²) in [5, 5.41) is 20.8. The van der Waals surface area contributed by atoms with Crippen LogP contribution in [-0.2, 0) is 19.2 Å². The van der Waals surface area contributed by atoms with Crippen LogP contribution in [0.25, 0.3) is 0 Å². The van der Waals surface area contributed by atoms with Gasteiger partial charge in [0.25, 0.3) is 0 Å². The smallest absolute Gasteiger partial charge is 0.325 e. The van der Waals surface area contributed by atoms with E-state index in [4.69, 9.17) is 10.2 Å². The van der Waals surface area contributed by atoms with Crippen molar-refractivity contribution in [2.24, 2.45) is 0 Å². The standard InChI is InChI=1S/C6H5I.2C5H9NO3/c7-6-4-2-1-3-5-6;2*1-3(5(8)9)6-4(2)7/h1-5H;2*3H,1-2H3,(H,6,7)(H,8,9). The number of hydrogen-bond donors (Lipinski definition) is 4. The van der Waals surface area contributed by atoms with E-state index < -0.39 is 24.0 Å². The fourth-order valence-electron chi connectivity index (χ4n) is 1.15. The fraction of sp³-hybridized carbons (Fsp3) is 0.375. The van der Waals surface area contributed by atoms with Crippen LogP contribution < -0.4 is 10.6 Å². The zero-order chi connectivity index (χ0) is 20.0. The SMILES string of the molecule is CC(=O)NC(C)C(=O)O.CC(=O)NC(C)C(=O)O.Ic1ccccc1. The fourth-order valence-corrected chi connectivity index (χ4v) is 1.56. The van der Waals surface area contributed by atoms with Crippen LogP contribution in [0.4, 0.5) is 0 Å². The lowest BCUT2D eigenvalue weighted by Crippen LogP contribution is -2.36. The number of amides is 2. The van der Waals surface area contributed by atoms with Gasteiger partial charge < -0.3 is 20.8 Å². The van der Waals surface area contributed by atoms with E-state index in [1.54, 1.807) is 0 Å². The van der Waals surface area contributed by atoms with Crippen molar-refractivity contribution in [1.82, 2.24) is 10.6 Å². The van der Waals surface area contributed by atoms with Gasteiger partial charge in [-0.2, -0.15) is 0 Å². The molecule has 0 heterocycles. The Kier molecular flexibility index (Phi) is 14.2. The number of rotatable bonds is 4. The Morgan fingerprint density at radius 1 is 0.840 bits per heavy atom. The van der Waals surface area contributed by atoms with Gasteiger partial charge in [0.1, 0.15) is 12.1 Å². The molecule has 25 heavy (non-hydrogen) atoms. The minimum absolute atomic E-state index is 0.329. The summed E-state index contributed by atoms with van der Waals surface area (Å²) in [6.07, 6.45) is 0. The highest BCUT2D eigenvalue weighted by Crippen LogP contribution is 1.99. The average molecular weight is 466 g/mol. The molecule has 0 aliphatic heterocycles. The van der Waals surface area contributed by atoms with Gasteiger partial charge >= 0.3 is 11.9 Å². The van der Waals surface area contributed by atoms with Gasteiger partial charge in [-0.1, -0.05) is 18.2 Å². The lowest BCUT2D eigenvalue weighted by atomic mass is 10.3. The number of carbonyl (C=O) groups excluding carboxylic acids is 2. The van der Waals surface area contributed by atoms with E-state index >= 15 is 0 Å². The predicted molar refractivity (Wildman–Crippen MR) is 101 cm³/mol. The molecule has 8 nitrogen and oxygen atoms in total. The maximum absolute atomic E-state index is 10.2. The summed E-state index contributed by atoms with van der Waals surface area (Å²) in [6, 6.07) is 8.64. The molecule has 9 heteroatoms. The van der Waals surface area contributed by atoms with E-state index in [0.717, 1.165) is 0 Å². The molecule has 0 fully saturated rings. The molecule has 140 valence electrons. The topological polar surface area (TPSA) is 133 Å². The van der Waals surface area contributed by atoms with Gasteiger partial charge in [-0.15, -0.1) is 0 Å². The number of halogens is 1. The van der Waals surface area contributed by atoms with Gasteiger partial charge in [-0.25, -0.2) is 0 Å². The third-order valence-electron chi connectivity index (χ3n) is 2.31. The number of nitrogens with one attached hydrogen (secondary N) is 2. The van der Waals surface area contributed by atoms with Crippen LogP contribution in [-0.4, -0.2) is 46.0 Å². The third kappa shape index (κ3) is 18.0. The molecule has 0 aliphatic rings. The van der Waals surface area contributed by atoms with Crippen molar-refractivity contribution in [3.63, 3.8) is 0 Å². The van der Waals surface area contributed by atoms with E-state index in [2.05, 4.69) is 45.4 Å². The monoisotopic (exact) mass is 466 g/mol. The van der Waals surface area contributed by atoms with Crippen molar-refractivity contribution >= 4 is 46.3 Å². The summed E-state index contributed by atoms with van der Waals surface area (Å²) in [7, 11) is 0. The normalized spacial score (nSPS) is 11.2. The van der Waals surface area contributed by atoms with Crippen molar-refractivity contribution in [1.29, 1.82) is 0 Å². The molecule has 4 N–H and O–H groups in total. The Bertz CT molecular complexity index is 533.